The summed E-state index contributed by atoms with van der Waals surface area (Å²) in [5.41, 5.74) is 0.0803. The van der Waals surface area contributed by atoms with Crippen LogP contribution in [0.1, 0.15) is 27.0 Å². The molecular formula is C15H9BrClF3O. The highest BCUT2D eigenvalue weighted by Crippen LogP contribution is 2.31. The van der Waals surface area contributed by atoms with Gasteiger partial charge in [0.2, 0.25) is 0 Å². The second kappa shape index (κ2) is 5.81. The van der Waals surface area contributed by atoms with Crippen molar-refractivity contribution in [1.29, 1.82) is 0 Å². The van der Waals surface area contributed by atoms with E-state index in [2.05, 4.69) is 15.9 Å². The Labute approximate surface area is 132 Å². The summed E-state index contributed by atoms with van der Waals surface area (Å²) in [5.74, 6) is -0.357. The van der Waals surface area contributed by atoms with Gasteiger partial charge in [0, 0.05) is 20.6 Å². The first-order chi connectivity index (χ1) is 9.70. The van der Waals surface area contributed by atoms with Crippen LogP contribution in [0, 0.1) is 6.92 Å². The Hall–Kier alpha value is -1.33. The van der Waals surface area contributed by atoms with Crippen molar-refractivity contribution >= 4 is 33.3 Å². The number of carbonyl (C=O) groups is 1. The summed E-state index contributed by atoms with van der Waals surface area (Å²) in [6, 6.07) is 7.72. The van der Waals surface area contributed by atoms with Crippen LogP contribution in [-0.2, 0) is 6.18 Å². The minimum absolute atomic E-state index is 0.228. The van der Waals surface area contributed by atoms with E-state index in [9.17, 15) is 18.0 Å². The average Bonchev–Trinajstić information content (AvgIpc) is 2.36. The maximum absolute atomic E-state index is 12.6. The first kappa shape index (κ1) is 16.0. The van der Waals surface area contributed by atoms with E-state index in [4.69, 9.17) is 11.6 Å². The molecule has 0 unspecified atom stereocenters. The molecule has 1 nitrogen and oxygen atoms in total. The normalized spacial score (nSPS) is 11.5. The molecular weight excluding hydrogens is 369 g/mol. The molecule has 0 amide bonds. The van der Waals surface area contributed by atoms with Crippen molar-refractivity contribution in [2.45, 2.75) is 13.1 Å². The molecule has 0 spiro atoms. The molecule has 0 bridgehead atoms. The van der Waals surface area contributed by atoms with E-state index < -0.39 is 11.7 Å². The third kappa shape index (κ3) is 3.47. The summed E-state index contributed by atoms with van der Waals surface area (Å²) >= 11 is 9.03. The van der Waals surface area contributed by atoms with Crippen LogP contribution in [0.2, 0.25) is 5.02 Å². The predicted molar refractivity (Wildman–Crippen MR) is 78.8 cm³/mol. The molecule has 2 rings (SSSR count). The Bertz CT molecular complexity index is 711. The lowest BCUT2D eigenvalue weighted by Gasteiger charge is -2.11. The van der Waals surface area contributed by atoms with Gasteiger partial charge in [0.25, 0.3) is 0 Å². The van der Waals surface area contributed by atoms with Gasteiger partial charge in [-0.15, -0.1) is 0 Å². The van der Waals surface area contributed by atoms with E-state index in [-0.39, 0.29) is 16.9 Å². The van der Waals surface area contributed by atoms with Gasteiger partial charge in [0.1, 0.15) is 0 Å². The lowest BCUT2D eigenvalue weighted by Crippen LogP contribution is -2.09. The molecule has 2 aromatic carbocycles. The number of hydrogen-bond acceptors (Lipinski definition) is 1. The van der Waals surface area contributed by atoms with Crippen molar-refractivity contribution < 1.29 is 18.0 Å². The van der Waals surface area contributed by atoms with E-state index in [1.807, 2.05) is 0 Å². The largest absolute Gasteiger partial charge is 0.416 e. The number of halogens is 5. The molecule has 0 aromatic heterocycles. The van der Waals surface area contributed by atoms with Gasteiger partial charge < -0.3 is 0 Å². The van der Waals surface area contributed by atoms with Crippen LogP contribution in [0.3, 0.4) is 0 Å². The molecule has 0 N–H and O–H groups in total. The van der Waals surface area contributed by atoms with Gasteiger partial charge in [-0.2, -0.15) is 13.2 Å². The summed E-state index contributed by atoms with van der Waals surface area (Å²) in [7, 11) is 0. The minimum Gasteiger partial charge on any atom is -0.289 e. The standard InChI is InChI=1S/C15H9BrClF3O/c1-8-6-9(15(18,19)20)2-4-11(8)14(21)12-5-3-10(17)7-13(12)16/h2-7H,1H3. The number of alkyl halides is 3. The first-order valence-electron chi connectivity index (χ1n) is 5.88. The number of ketones is 1. The van der Waals surface area contributed by atoms with E-state index in [1.54, 1.807) is 12.1 Å². The zero-order valence-electron chi connectivity index (χ0n) is 10.8. The van der Waals surface area contributed by atoms with Gasteiger partial charge in [0.05, 0.1) is 5.56 Å². The average molecular weight is 378 g/mol. The van der Waals surface area contributed by atoms with Gasteiger partial charge in [-0.1, -0.05) is 17.7 Å². The second-order valence-corrected chi connectivity index (χ2v) is 5.77. The third-order valence-electron chi connectivity index (χ3n) is 2.97. The summed E-state index contributed by atoms with van der Waals surface area (Å²) in [6.45, 7) is 1.48. The number of benzene rings is 2. The maximum atomic E-state index is 12.6. The van der Waals surface area contributed by atoms with Crippen LogP contribution >= 0.6 is 27.5 Å². The highest BCUT2D eigenvalue weighted by atomic mass is 79.9. The van der Waals surface area contributed by atoms with Crippen molar-refractivity contribution in [2.24, 2.45) is 0 Å². The van der Waals surface area contributed by atoms with Crippen molar-refractivity contribution in [1.82, 2.24) is 0 Å². The lowest BCUT2D eigenvalue weighted by molar-refractivity contribution is -0.137. The summed E-state index contributed by atoms with van der Waals surface area (Å²) in [6.07, 6.45) is -4.42. The molecule has 0 atom stereocenters. The molecule has 0 saturated carbocycles. The summed E-state index contributed by atoms with van der Waals surface area (Å²) in [5, 5.41) is 0.461. The Balaban J connectivity index is 2.45. The molecule has 0 radical (unpaired) electrons. The number of hydrogen-bond donors (Lipinski definition) is 0. The van der Waals surface area contributed by atoms with Crippen LogP contribution < -0.4 is 0 Å². The minimum atomic E-state index is -4.42. The molecule has 0 aliphatic rings. The Morgan fingerprint density at radius 1 is 1.10 bits per heavy atom. The second-order valence-electron chi connectivity index (χ2n) is 4.48. The highest BCUT2D eigenvalue weighted by Gasteiger charge is 2.31. The van der Waals surface area contributed by atoms with Gasteiger partial charge in [0.15, 0.2) is 5.78 Å². The molecule has 2 aromatic rings. The highest BCUT2D eigenvalue weighted by molar-refractivity contribution is 9.10. The van der Waals surface area contributed by atoms with Gasteiger partial charge in [-0.3, -0.25) is 4.79 Å². The van der Waals surface area contributed by atoms with E-state index >= 15 is 0 Å². The zero-order chi connectivity index (χ0) is 15.8. The fourth-order valence-electron chi connectivity index (χ4n) is 1.91. The smallest absolute Gasteiger partial charge is 0.289 e. The molecule has 110 valence electrons. The maximum Gasteiger partial charge on any atom is 0.416 e. The Morgan fingerprint density at radius 2 is 1.71 bits per heavy atom. The predicted octanol–water partition coefficient (Wildman–Crippen LogP) is 5.66. The molecule has 21 heavy (non-hydrogen) atoms. The molecule has 6 heteroatoms. The van der Waals surface area contributed by atoms with Crippen molar-refractivity contribution in [3.8, 4) is 0 Å². The number of carbonyl (C=O) groups excluding carboxylic acids is 1. The summed E-state index contributed by atoms with van der Waals surface area (Å²) < 4.78 is 38.4. The van der Waals surface area contributed by atoms with Gasteiger partial charge in [-0.05, 0) is 58.7 Å². The number of aryl methyl sites for hydroxylation is 1. The molecule has 0 fully saturated rings. The fourth-order valence-corrected chi connectivity index (χ4v) is 2.78. The lowest BCUT2D eigenvalue weighted by atomic mass is 9.97. The van der Waals surface area contributed by atoms with Crippen LogP contribution in [0.25, 0.3) is 0 Å². The van der Waals surface area contributed by atoms with Crippen molar-refractivity contribution in [3.63, 3.8) is 0 Å². The van der Waals surface area contributed by atoms with Crippen LogP contribution in [0.4, 0.5) is 13.2 Å². The van der Waals surface area contributed by atoms with Crippen LogP contribution in [0.15, 0.2) is 40.9 Å². The third-order valence-corrected chi connectivity index (χ3v) is 3.87. The zero-order valence-corrected chi connectivity index (χ0v) is 13.1. The SMILES string of the molecule is Cc1cc(C(F)(F)F)ccc1C(=O)c1ccc(Cl)cc1Br. The van der Waals surface area contributed by atoms with E-state index in [1.165, 1.54) is 19.1 Å². The molecule has 0 heterocycles. The molecule has 0 saturated heterocycles. The monoisotopic (exact) mass is 376 g/mol. The van der Waals surface area contributed by atoms with Crippen molar-refractivity contribution in [2.75, 3.05) is 0 Å². The fraction of sp³-hybridized carbons (Fsp3) is 0.133. The van der Waals surface area contributed by atoms with Crippen LogP contribution in [0.5, 0.6) is 0 Å². The topological polar surface area (TPSA) is 17.1 Å². The summed E-state index contributed by atoms with van der Waals surface area (Å²) in [4.78, 5) is 12.4. The number of rotatable bonds is 2. The Kier molecular flexibility index (Phi) is 4.44. The Morgan fingerprint density at radius 3 is 2.24 bits per heavy atom. The molecule has 0 aliphatic heterocycles. The quantitative estimate of drug-likeness (QED) is 0.617. The van der Waals surface area contributed by atoms with Gasteiger partial charge in [-0.25, -0.2) is 0 Å². The van der Waals surface area contributed by atoms with Crippen molar-refractivity contribution in [3.05, 3.63) is 68.1 Å². The van der Waals surface area contributed by atoms with Gasteiger partial charge >= 0.3 is 6.18 Å². The van der Waals surface area contributed by atoms with E-state index in [0.717, 1.165) is 12.1 Å². The molecule has 0 aliphatic carbocycles. The first-order valence-corrected chi connectivity index (χ1v) is 7.05. The van der Waals surface area contributed by atoms with E-state index in [0.29, 0.717) is 15.1 Å². The van der Waals surface area contributed by atoms with Crippen LogP contribution in [-0.4, -0.2) is 5.78 Å².